The zero-order valence-corrected chi connectivity index (χ0v) is 12.3. The maximum absolute atomic E-state index is 3.57. The number of alkyl halides is 1. The van der Waals surface area contributed by atoms with Crippen molar-refractivity contribution < 1.29 is 0 Å². The van der Waals surface area contributed by atoms with Gasteiger partial charge in [0.15, 0.2) is 0 Å². The van der Waals surface area contributed by atoms with Crippen LogP contribution in [0, 0.1) is 0 Å². The predicted octanol–water partition coefficient (Wildman–Crippen LogP) is 4.10. The number of benzene rings is 1. The molecule has 0 saturated carbocycles. The van der Waals surface area contributed by atoms with Crippen LogP contribution in [0.4, 0.5) is 0 Å². The van der Waals surface area contributed by atoms with Crippen molar-refractivity contribution in [2.45, 2.75) is 37.7 Å². The predicted molar refractivity (Wildman–Crippen MR) is 73.4 cm³/mol. The molecule has 0 fully saturated rings. The third kappa shape index (κ3) is 5.14. The molecule has 0 bridgehead atoms. The summed E-state index contributed by atoms with van der Waals surface area (Å²) in [7, 11) is 0. The van der Waals surface area contributed by atoms with E-state index in [-0.39, 0.29) is 0 Å². The smallest absolute Gasteiger partial charge is 0.0220 e. The molecule has 2 unspecified atom stereocenters. The molecule has 1 nitrogen and oxygen atoms in total. The zero-order chi connectivity index (χ0) is 11.3. The fourth-order valence-corrected chi connectivity index (χ4v) is 2.48. The fraction of sp³-hybridized carbons (Fsp3) is 0.500. The Morgan fingerprint density at radius 1 is 1.27 bits per heavy atom. The number of rotatable bonds is 5. The van der Waals surface area contributed by atoms with E-state index < -0.39 is 0 Å². The average molecular weight is 335 g/mol. The highest BCUT2D eigenvalue weighted by molar-refractivity contribution is 9.10. The van der Waals surface area contributed by atoms with Crippen LogP contribution in [0.1, 0.15) is 25.8 Å². The van der Waals surface area contributed by atoms with Crippen LogP contribution < -0.4 is 5.32 Å². The Hall–Kier alpha value is 0.140. The summed E-state index contributed by atoms with van der Waals surface area (Å²) < 4.78 is 1.18. The topological polar surface area (TPSA) is 12.0 Å². The largest absolute Gasteiger partial charge is 0.310 e. The Bertz CT molecular complexity index is 299. The first-order chi connectivity index (χ1) is 7.09. The highest BCUT2D eigenvalue weighted by atomic mass is 79.9. The lowest BCUT2D eigenvalue weighted by Gasteiger charge is -2.15. The van der Waals surface area contributed by atoms with E-state index in [1.807, 2.05) is 6.07 Å². The van der Waals surface area contributed by atoms with Gasteiger partial charge < -0.3 is 5.32 Å². The van der Waals surface area contributed by atoms with Crippen LogP contribution in [0.2, 0.25) is 0 Å². The summed E-state index contributed by atoms with van der Waals surface area (Å²) in [6.07, 6.45) is 1.14. The fourth-order valence-electron chi connectivity index (χ4n) is 1.50. The molecule has 0 spiro atoms. The van der Waals surface area contributed by atoms with Gasteiger partial charge in [-0.1, -0.05) is 57.0 Å². The quantitative estimate of drug-likeness (QED) is 0.799. The van der Waals surface area contributed by atoms with E-state index in [1.165, 1.54) is 10.0 Å². The lowest BCUT2D eigenvalue weighted by Crippen LogP contribution is -2.27. The van der Waals surface area contributed by atoms with E-state index >= 15 is 0 Å². The van der Waals surface area contributed by atoms with Gasteiger partial charge >= 0.3 is 0 Å². The Morgan fingerprint density at radius 2 is 1.93 bits per heavy atom. The molecule has 15 heavy (non-hydrogen) atoms. The van der Waals surface area contributed by atoms with Gasteiger partial charge in [0.25, 0.3) is 0 Å². The molecule has 0 heterocycles. The van der Waals surface area contributed by atoms with Crippen molar-refractivity contribution >= 4 is 31.9 Å². The van der Waals surface area contributed by atoms with Crippen molar-refractivity contribution in [1.29, 1.82) is 0 Å². The summed E-state index contributed by atoms with van der Waals surface area (Å²) in [5.74, 6) is 0. The third-order valence-corrected chi connectivity index (χ3v) is 3.42. The van der Waals surface area contributed by atoms with E-state index in [4.69, 9.17) is 0 Å². The molecular weight excluding hydrogens is 318 g/mol. The van der Waals surface area contributed by atoms with E-state index in [1.54, 1.807) is 0 Å². The molecule has 0 radical (unpaired) electrons. The van der Waals surface area contributed by atoms with Gasteiger partial charge in [-0.3, -0.25) is 0 Å². The molecule has 0 aliphatic rings. The van der Waals surface area contributed by atoms with Crippen LogP contribution in [-0.4, -0.2) is 10.9 Å². The number of halogens is 2. The first-order valence-electron chi connectivity index (χ1n) is 5.20. The van der Waals surface area contributed by atoms with Crippen molar-refractivity contribution in [3.63, 3.8) is 0 Å². The Morgan fingerprint density at radius 3 is 2.53 bits per heavy atom. The van der Waals surface area contributed by atoms with Gasteiger partial charge in [0.2, 0.25) is 0 Å². The first-order valence-corrected chi connectivity index (χ1v) is 6.91. The summed E-state index contributed by atoms with van der Waals surface area (Å²) in [6, 6.07) is 8.86. The summed E-state index contributed by atoms with van der Waals surface area (Å²) >= 11 is 7.11. The first kappa shape index (κ1) is 13.2. The van der Waals surface area contributed by atoms with E-state index in [2.05, 4.69) is 69.2 Å². The van der Waals surface area contributed by atoms with Crippen LogP contribution in [0.25, 0.3) is 0 Å². The standard InChI is InChI=1S/C12H17Br2N/c1-9(13)7-10(2)15-8-11-5-3-4-6-12(11)14/h3-6,9-10,15H,7-8H2,1-2H3. The lowest BCUT2D eigenvalue weighted by atomic mass is 10.1. The van der Waals surface area contributed by atoms with Crippen LogP contribution in [0.15, 0.2) is 28.7 Å². The van der Waals surface area contributed by atoms with Gasteiger partial charge in [0, 0.05) is 21.9 Å². The average Bonchev–Trinajstić information content (AvgIpc) is 2.15. The maximum atomic E-state index is 3.57. The summed E-state index contributed by atoms with van der Waals surface area (Å²) in [4.78, 5) is 0.569. The molecule has 0 aliphatic heterocycles. The van der Waals surface area contributed by atoms with Crippen molar-refractivity contribution in [2.75, 3.05) is 0 Å². The van der Waals surface area contributed by atoms with Gasteiger partial charge in [0.1, 0.15) is 0 Å². The second-order valence-electron chi connectivity index (χ2n) is 3.89. The van der Waals surface area contributed by atoms with E-state index in [0.29, 0.717) is 10.9 Å². The third-order valence-electron chi connectivity index (χ3n) is 2.28. The Kier molecular flexibility index (Phi) is 5.87. The van der Waals surface area contributed by atoms with Gasteiger partial charge in [0.05, 0.1) is 0 Å². The normalized spacial score (nSPS) is 14.9. The van der Waals surface area contributed by atoms with Gasteiger partial charge in [-0.25, -0.2) is 0 Å². The summed E-state index contributed by atoms with van der Waals surface area (Å²) in [5, 5.41) is 3.51. The molecule has 3 heteroatoms. The molecular formula is C12H17Br2N. The molecule has 84 valence electrons. The molecule has 0 saturated heterocycles. The van der Waals surface area contributed by atoms with E-state index in [0.717, 1.165) is 13.0 Å². The Balaban J connectivity index is 2.40. The van der Waals surface area contributed by atoms with Crippen molar-refractivity contribution in [1.82, 2.24) is 5.32 Å². The molecule has 1 rings (SSSR count). The minimum absolute atomic E-state index is 0.534. The summed E-state index contributed by atoms with van der Waals surface area (Å²) in [5.41, 5.74) is 1.31. The highest BCUT2D eigenvalue weighted by Crippen LogP contribution is 2.16. The minimum atomic E-state index is 0.534. The molecule has 1 N–H and O–H groups in total. The molecule has 1 aromatic rings. The van der Waals surface area contributed by atoms with Crippen LogP contribution >= 0.6 is 31.9 Å². The van der Waals surface area contributed by atoms with Crippen molar-refractivity contribution in [2.24, 2.45) is 0 Å². The van der Waals surface area contributed by atoms with Crippen LogP contribution in [-0.2, 0) is 6.54 Å². The highest BCUT2D eigenvalue weighted by Gasteiger charge is 2.06. The maximum Gasteiger partial charge on any atom is 0.0220 e. The molecule has 2 atom stereocenters. The van der Waals surface area contributed by atoms with E-state index in [9.17, 15) is 0 Å². The monoisotopic (exact) mass is 333 g/mol. The van der Waals surface area contributed by atoms with Gasteiger partial charge in [-0.15, -0.1) is 0 Å². The van der Waals surface area contributed by atoms with Gasteiger partial charge in [-0.05, 0) is 25.0 Å². The zero-order valence-electron chi connectivity index (χ0n) is 9.13. The number of hydrogen-bond donors (Lipinski definition) is 1. The van der Waals surface area contributed by atoms with Gasteiger partial charge in [-0.2, -0.15) is 0 Å². The SMILES string of the molecule is CC(Br)CC(C)NCc1ccccc1Br. The van der Waals surface area contributed by atoms with Crippen LogP contribution in [0.5, 0.6) is 0 Å². The molecule has 0 aliphatic carbocycles. The second-order valence-corrected chi connectivity index (χ2v) is 6.31. The molecule has 1 aromatic carbocycles. The molecule has 0 aromatic heterocycles. The van der Waals surface area contributed by atoms with Crippen molar-refractivity contribution in [3.05, 3.63) is 34.3 Å². The number of hydrogen-bond acceptors (Lipinski definition) is 1. The lowest BCUT2D eigenvalue weighted by molar-refractivity contribution is 0.515. The van der Waals surface area contributed by atoms with Crippen molar-refractivity contribution in [3.8, 4) is 0 Å². The van der Waals surface area contributed by atoms with Crippen LogP contribution in [0.3, 0.4) is 0 Å². The molecule has 0 amide bonds. The second kappa shape index (κ2) is 6.66. The summed E-state index contributed by atoms with van der Waals surface area (Å²) in [6.45, 7) is 5.31. The number of nitrogens with one attached hydrogen (secondary N) is 1. The Labute approximate surface area is 109 Å². The minimum Gasteiger partial charge on any atom is -0.310 e.